The zero-order valence-corrected chi connectivity index (χ0v) is 12.4. The van der Waals surface area contributed by atoms with Gasteiger partial charge in [-0.1, -0.05) is 43.3 Å². The van der Waals surface area contributed by atoms with Crippen LogP contribution in [0.4, 0.5) is 0 Å². The molecule has 0 radical (unpaired) electrons. The molecule has 0 aliphatic carbocycles. The van der Waals surface area contributed by atoms with Crippen molar-refractivity contribution in [2.45, 2.75) is 33.3 Å². The normalized spacial score (nSPS) is 12.2. The van der Waals surface area contributed by atoms with Crippen molar-refractivity contribution in [3.8, 4) is 5.75 Å². The van der Waals surface area contributed by atoms with Gasteiger partial charge in [0.15, 0.2) is 0 Å². The number of hydrogen-bond donors (Lipinski definition) is 1. The lowest BCUT2D eigenvalue weighted by molar-refractivity contribution is 0.210. The minimum absolute atomic E-state index is 0.651. The molecule has 0 amide bonds. The number of benzene rings is 2. The van der Waals surface area contributed by atoms with E-state index in [1.807, 2.05) is 42.5 Å². The number of para-hydroxylation sites is 1. The van der Waals surface area contributed by atoms with Crippen LogP contribution in [0.2, 0.25) is 0 Å². The molecule has 0 spiro atoms. The minimum Gasteiger partial charge on any atom is -0.493 e. The van der Waals surface area contributed by atoms with Gasteiger partial charge in [-0.25, -0.2) is 0 Å². The molecular weight excluding hydrogens is 248 g/mol. The summed E-state index contributed by atoms with van der Waals surface area (Å²) in [4.78, 5) is 0. The molecule has 0 aliphatic heterocycles. The molecule has 2 heteroatoms. The van der Waals surface area contributed by atoms with Crippen molar-refractivity contribution in [1.82, 2.24) is 0 Å². The van der Waals surface area contributed by atoms with Gasteiger partial charge in [-0.3, -0.25) is 0 Å². The van der Waals surface area contributed by atoms with Crippen LogP contribution in [0.5, 0.6) is 5.75 Å². The first kappa shape index (κ1) is 14.6. The van der Waals surface area contributed by atoms with Crippen molar-refractivity contribution in [3.63, 3.8) is 0 Å². The fourth-order valence-electron chi connectivity index (χ4n) is 2.16. The highest BCUT2D eigenvalue weighted by Gasteiger charge is 2.15. The SMILES string of the molecule is CCCOc1ccccc1C(O)c1ccc(C)c(C)c1. The molecule has 0 aliphatic rings. The first-order valence-corrected chi connectivity index (χ1v) is 7.10. The van der Waals surface area contributed by atoms with E-state index in [2.05, 4.69) is 20.8 Å². The largest absolute Gasteiger partial charge is 0.493 e. The second-order valence-corrected chi connectivity index (χ2v) is 5.13. The summed E-state index contributed by atoms with van der Waals surface area (Å²) in [6.45, 7) is 6.87. The van der Waals surface area contributed by atoms with E-state index in [1.54, 1.807) is 0 Å². The Kier molecular flexibility index (Phi) is 4.80. The number of aryl methyl sites for hydroxylation is 2. The van der Waals surface area contributed by atoms with Crippen LogP contribution in [0.3, 0.4) is 0 Å². The van der Waals surface area contributed by atoms with Gasteiger partial charge in [0, 0.05) is 5.56 Å². The molecule has 0 fully saturated rings. The third-order valence-electron chi connectivity index (χ3n) is 3.52. The minimum atomic E-state index is -0.651. The average Bonchev–Trinajstić information content (AvgIpc) is 2.47. The number of aliphatic hydroxyl groups is 1. The molecule has 0 bridgehead atoms. The fourth-order valence-corrected chi connectivity index (χ4v) is 2.16. The number of aliphatic hydroxyl groups excluding tert-OH is 1. The van der Waals surface area contributed by atoms with Crippen molar-refractivity contribution in [2.24, 2.45) is 0 Å². The Hall–Kier alpha value is -1.80. The molecule has 20 heavy (non-hydrogen) atoms. The van der Waals surface area contributed by atoms with E-state index in [9.17, 15) is 5.11 Å². The Labute approximate surface area is 121 Å². The van der Waals surface area contributed by atoms with E-state index in [-0.39, 0.29) is 0 Å². The van der Waals surface area contributed by atoms with Gasteiger partial charge in [0.05, 0.1) is 6.61 Å². The van der Waals surface area contributed by atoms with Gasteiger partial charge < -0.3 is 9.84 Å². The van der Waals surface area contributed by atoms with Crippen LogP contribution in [0.15, 0.2) is 42.5 Å². The molecule has 2 nitrogen and oxygen atoms in total. The zero-order chi connectivity index (χ0) is 14.5. The van der Waals surface area contributed by atoms with Crippen LogP contribution in [-0.2, 0) is 0 Å². The van der Waals surface area contributed by atoms with E-state index in [0.29, 0.717) is 6.61 Å². The summed E-state index contributed by atoms with van der Waals surface area (Å²) in [7, 11) is 0. The molecule has 0 aromatic heterocycles. The summed E-state index contributed by atoms with van der Waals surface area (Å²) in [5.41, 5.74) is 4.15. The van der Waals surface area contributed by atoms with Gasteiger partial charge in [-0.05, 0) is 43.0 Å². The highest BCUT2D eigenvalue weighted by atomic mass is 16.5. The second kappa shape index (κ2) is 6.58. The van der Waals surface area contributed by atoms with E-state index < -0.39 is 6.10 Å². The Bertz CT molecular complexity index is 575. The third-order valence-corrected chi connectivity index (χ3v) is 3.52. The maximum Gasteiger partial charge on any atom is 0.125 e. The standard InChI is InChI=1S/C18H22O2/c1-4-11-20-17-8-6-5-7-16(17)18(19)15-10-9-13(2)14(3)12-15/h5-10,12,18-19H,4,11H2,1-3H3. The quantitative estimate of drug-likeness (QED) is 0.883. The van der Waals surface area contributed by atoms with E-state index in [4.69, 9.17) is 4.74 Å². The first-order valence-electron chi connectivity index (χ1n) is 7.10. The van der Waals surface area contributed by atoms with Gasteiger partial charge in [0.2, 0.25) is 0 Å². The van der Waals surface area contributed by atoms with E-state index in [0.717, 1.165) is 23.3 Å². The molecule has 2 aromatic carbocycles. The number of ether oxygens (including phenoxy) is 1. The monoisotopic (exact) mass is 270 g/mol. The van der Waals surface area contributed by atoms with Crippen molar-refractivity contribution >= 4 is 0 Å². The van der Waals surface area contributed by atoms with E-state index >= 15 is 0 Å². The molecule has 1 N–H and O–H groups in total. The zero-order valence-electron chi connectivity index (χ0n) is 12.4. The average molecular weight is 270 g/mol. The van der Waals surface area contributed by atoms with Crippen molar-refractivity contribution < 1.29 is 9.84 Å². The molecule has 2 rings (SSSR count). The first-order chi connectivity index (χ1) is 9.63. The summed E-state index contributed by atoms with van der Waals surface area (Å²) in [6, 6.07) is 13.8. The third kappa shape index (κ3) is 3.20. The molecule has 106 valence electrons. The van der Waals surface area contributed by atoms with Crippen LogP contribution in [0, 0.1) is 13.8 Å². The lowest BCUT2D eigenvalue weighted by Crippen LogP contribution is -2.05. The summed E-state index contributed by atoms with van der Waals surface area (Å²) in [6.07, 6.45) is 0.302. The summed E-state index contributed by atoms with van der Waals surface area (Å²) in [5.74, 6) is 0.764. The van der Waals surface area contributed by atoms with Gasteiger partial charge in [-0.15, -0.1) is 0 Å². The van der Waals surface area contributed by atoms with Crippen LogP contribution >= 0.6 is 0 Å². The smallest absolute Gasteiger partial charge is 0.125 e. The molecular formula is C18H22O2. The fraction of sp³-hybridized carbons (Fsp3) is 0.333. The summed E-state index contributed by atoms with van der Waals surface area (Å²) < 4.78 is 5.72. The molecule has 0 heterocycles. The molecule has 2 aromatic rings. The lowest BCUT2D eigenvalue weighted by atomic mass is 9.97. The van der Waals surface area contributed by atoms with Crippen LogP contribution in [0.1, 0.15) is 41.7 Å². The molecule has 0 saturated carbocycles. The number of hydrogen-bond acceptors (Lipinski definition) is 2. The van der Waals surface area contributed by atoms with Crippen LogP contribution < -0.4 is 4.74 Å². The Morgan fingerprint density at radius 2 is 1.80 bits per heavy atom. The topological polar surface area (TPSA) is 29.5 Å². The van der Waals surface area contributed by atoms with Crippen molar-refractivity contribution in [1.29, 1.82) is 0 Å². The predicted octanol–water partition coefficient (Wildman–Crippen LogP) is 4.17. The van der Waals surface area contributed by atoms with Gasteiger partial charge in [0.25, 0.3) is 0 Å². The van der Waals surface area contributed by atoms with Crippen LogP contribution in [0.25, 0.3) is 0 Å². The lowest BCUT2D eigenvalue weighted by Gasteiger charge is -2.17. The highest BCUT2D eigenvalue weighted by molar-refractivity contribution is 5.42. The summed E-state index contributed by atoms with van der Waals surface area (Å²) in [5, 5.41) is 10.6. The Morgan fingerprint density at radius 3 is 2.50 bits per heavy atom. The van der Waals surface area contributed by atoms with Crippen molar-refractivity contribution in [2.75, 3.05) is 6.61 Å². The van der Waals surface area contributed by atoms with E-state index in [1.165, 1.54) is 11.1 Å². The number of rotatable bonds is 5. The maximum absolute atomic E-state index is 10.6. The second-order valence-electron chi connectivity index (χ2n) is 5.13. The molecule has 1 unspecified atom stereocenters. The van der Waals surface area contributed by atoms with Crippen molar-refractivity contribution in [3.05, 3.63) is 64.7 Å². The van der Waals surface area contributed by atoms with Crippen LogP contribution in [-0.4, -0.2) is 11.7 Å². The van der Waals surface area contributed by atoms with Gasteiger partial charge >= 0.3 is 0 Å². The Morgan fingerprint density at radius 1 is 1.05 bits per heavy atom. The summed E-state index contributed by atoms with van der Waals surface area (Å²) >= 11 is 0. The Balaban J connectivity index is 2.32. The molecule has 1 atom stereocenters. The van der Waals surface area contributed by atoms with Gasteiger partial charge in [-0.2, -0.15) is 0 Å². The maximum atomic E-state index is 10.6. The van der Waals surface area contributed by atoms with Gasteiger partial charge in [0.1, 0.15) is 11.9 Å². The molecule has 0 saturated heterocycles. The highest BCUT2D eigenvalue weighted by Crippen LogP contribution is 2.30. The predicted molar refractivity (Wildman–Crippen MR) is 82.2 cm³/mol.